The van der Waals surface area contributed by atoms with Crippen LogP contribution in [0.5, 0.6) is 0 Å². The number of ether oxygens (including phenoxy) is 2. The Labute approximate surface area is 210 Å². The highest BCUT2D eigenvalue weighted by atomic mass is 16.7. The van der Waals surface area contributed by atoms with Gasteiger partial charge in [0.1, 0.15) is 5.60 Å². The van der Waals surface area contributed by atoms with Crippen molar-refractivity contribution >= 4 is 18.7 Å². The van der Waals surface area contributed by atoms with Crippen LogP contribution in [-0.2, 0) is 25.3 Å². The molecule has 35 heavy (non-hydrogen) atoms. The molecule has 0 aromatic carbocycles. The molecule has 1 aliphatic carbocycles. The fourth-order valence-electron chi connectivity index (χ4n) is 4.45. The van der Waals surface area contributed by atoms with Gasteiger partial charge in [-0.25, -0.2) is 4.79 Å². The van der Waals surface area contributed by atoms with Crippen LogP contribution >= 0.6 is 0 Å². The molecule has 1 aromatic heterocycles. The number of H-pyrrole nitrogens is 1. The van der Waals surface area contributed by atoms with E-state index in [0.29, 0.717) is 25.6 Å². The fourth-order valence-corrected chi connectivity index (χ4v) is 4.45. The van der Waals surface area contributed by atoms with Crippen molar-refractivity contribution in [2.45, 2.75) is 110 Å². The number of piperidine rings is 1. The number of hydrogen-bond donors (Lipinski definition) is 1. The molecular weight excluding hydrogens is 445 g/mol. The molecule has 3 aliphatic rings. The predicted octanol–water partition coefficient (Wildman–Crippen LogP) is 2.80. The van der Waals surface area contributed by atoms with Crippen molar-refractivity contribution in [2.75, 3.05) is 13.1 Å². The number of likely N-dealkylation sites (tertiary alicyclic amines) is 1. The van der Waals surface area contributed by atoms with Crippen molar-refractivity contribution < 1.29 is 28.3 Å². The third-order valence-electron chi connectivity index (χ3n) is 7.36. The quantitative estimate of drug-likeness (QED) is 0.403. The smallest absolute Gasteiger partial charge is 0.444 e. The minimum atomic E-state index is -0.457. The van der Waals surface area contributed by atoms with E-state index in [1.54, 1.807) is 4.90 Å². The van der Waals surface area contributed by atoms with Gasteiger partial charge in [-0.05, 0) is 80.1 Å². The highest BCUT2D eigenvalue weighted by Crippen LogP contribution is 2.36. The number of aromatic amines is 1. The van der Waals surface area contributed by atoms with E-state index < -0.39 is 5.60 Å². The third kappa shape index (κ3) is 6.41. The molecular formula is C26H41BN3O5+. The van der Waals surface area contributed by atoms with Gasteiger partial charge in [0.2, 0.25) is 6.54 Å². The third-order valence-corrected chi connectivity index (χ3v) is 7.36. The summed E-state index contributed by atoms with van der Waals surface area (Å²) in [5.41, 5.74) is -0.184. The summed E-state index contributed by atoms with van der Waals surface area (Å²) < 4.78 is 25.9. The lowest BCUT2D eigenvalue weighted by molar-refractivity contribution is -0.738. The van der Waals surface area contributed by atoms with E-state index in [0.717, 1.165) is 31.1 Å². The maximum Gasteiger partial charge on any atom is 0.502 e. The van der Waals surface area contributed by atoms with Crippen LogP contribution in [0.3, 0.4) is 0 Å². The number of rotatable bonds is 4. The van der Waals surface area contributed by atoms with Gasteiger partial charge in [0.15, 0.2) is 6.20 Å². The monoisotopic (exact) mass is 486 g/mol. The van der Waals surface area contributed by atoms with E-state index in [-0.39, 0.29) is 36.6 Å². The first kappa shape index (κ1) is 26.1. The zero-order valence-electron chi connectivity index (χ0n) is 22.3. The molecule has 2 aliphatic heterocycles. The molecule has 3 heterocycles. The van der Waals surface area contributed by atoms with Gasteiger partial charge >= 0.3 is 13.2 Å². The number of amides is 1. The SMILES string of the molecule is CC(C)(C)OC(=O)N1CCC(OC2CC(C#CC[n+]3cc(B4OC(C)(C)C(C)(C)O4)c[nH]3)C2)CC1. The Morgan fingerprint density at radius 2 is 1.80 bits per heavy atom. The Kier molecular flexibility index (Phi) is 7.29. The Bertz CT molecular complexity index is 944. The van der Waals surface area contributed by atoms with Crippen LogP contribution in [0, 0.1) is 17.8 Å². The molecule has 1 aromatic rings. The number of aromatic nitrogens is 2. The van der Waals surface area contributed by atoms with Gasteiger partial charge in [0.25, 0.3) is 0 Å². The normalized spacial score (nSPS) is 26.1. The maximum atomic E-state index is 12.2. The molecule has 0 atom stereocenters. The molecule has 2 saturated heterocycles. The standard InChI is InChI=1S/C26H40BN3O5/c1-24(2,3)33-23(31)29-13-10-21(11-14-29)32-22-15-19(16-22)9-8-12-30-18-20(17-28-30)27-34-25(4,5)26(6,7)35-27/h17-19,21-22H,10-16H2,1-7H3/p+1. The minimum absolute atomic E-state index is 0.218. The number of carbonyl (C=O) groups excluding carboxylic acids is 1. The Hall–Kier alpha value is -2.02. The molecule has 9 heteroatoms. The Morgan fingerprint density at radius 1 is 1.17 bits per heavy atom. The first-order valence-electron chi connectivity index (χ1n) is 12.9. The lowest BCUT2D eigenvalue weighted by atomic mass is 9.82. The average molecular weight is 486 g/mol. The molecule has 1 amide bonds. The highest BCUT2D eigenvalue weighted by molar-refractivity contribution is 6.61. The van der Waals surface area contributed by atoms with Gasteiger partial charge in [-0.2, -0.15) is 5.10 Å². The average Bonchev–Trinajstić information content (AvgIpc) is 3.27. The van der Waals surface area contributed by atoms with E-state index in [9.17, 15) is 4.79 Å². The van der Waals surface area contributed by atoms with Crippen LogP contribution < -0.4 is 10.1 Å². The van der Waals surface area contributed by atoms with Crippen molar-refractivity contribution in [1.29, 1.82) is 0 Å². The van der Waals surface area contributed by atoms with Crippen LogP contribution in [0.25, 0.3) is 0 Å². The Morgan fingerprint density at radius 3 is 2.40 bits per heavy atom. The van der Waals surface area contributed by atoms with Gasteiger partial charge in [0.05, 0.1) is 35.1 Å². The van der Waals surface area contributed by atoms with Crippen LogP contribution in [0.1, 0.15) is 74.1 Å². The van der Waals surface area contributed by atoms with Crippen molar-refractivity contribution in [1.82, 2.24) is 10.00 Å². The van der Waals surface area contributed by atoms with Crippen molar-refractivity contribution in [3.05, 3.63) is 12.4 Å². The van der Waals surface area contributed by atoms with Gasteiger partial charge in [-0.3, -0.25) is 0 Å². The van der Waals surface area contributed by atoms with E-state index >= 15 is 0 Å². The molecule has 4 rings (SSSR count). The molecule has 192 valence electrons. The van der Waals surface area contributed by atoms with Crippen LogP contribution in [-0.4, -0.2) is 65.3 Å². The molecule has 1 N–H and O–H groups in total. The second kappa shape index (κ2) is 9.80. The van der Waals surface area contributed by atoms with Crippen molar-refractivity contribution in [2.24, 2.45) is 5.92 Å². The first-order valence-corrected chi connectivity index (χ1v) is 12.9. The fraction of sp³-hybridized carbons (Fsp3) is 0.769. The zero-order chi connectivity index (χ0) is 25.4. The summed E-state index contributed by atoms with van der Waals surface area (Å²) in [5, 5.41) is 3.23. The molecule has 3 fully saturated rings. The van der Waals surface area contributed by atoms with E-state index in [4.69, 9.17) is 18.8 Å². The molecule has 0 bridgehead atoms. The van der Waals surface area contributed by atoms with Gasteiger partial charge in [0, 0.05) is 19.0 Å². The topological polar surface area (TPSA) is 76.9 Å². The Balaban J connectivity index is 1.15. The summed E-state index contributed by atoms with van der Waals surface area (Å²) in [5.74, 6) is 7.06. The van der Waals surface area contributed by atoms with Gasteiger partial charge in [-0.15, -0.1) is 4.68 Å². The van der Waals surface area contributed by atoms with E-state index in [1.165, 1.54) is 0 Å². The van der Waals surface area contributed by atoms with Crippen LogP contribution in [0.15, 0.2) is 12.4 Å². The lowest BCUT2D eigenvalue weighted by Gasteiger charge is -2.38. The summed E-state index contributed by atoms with van der Waals surface area (Å²) in [6.07, 6.45) is 7.88. The summed E-state index contributed by atoms with van der Waals surface area (Å²) in [4.78, 5) is 14.0. The molecule has 0 radical (unpaired) electrons. The molecule has 0 unspecified atom stereocenters. The first-order chi connectivity index (χ1) is 16.3. The lowest BCUT2D eigenvalue weighted by Crippen LogP contribution is -2.45. The summed E-state index contributed by atoms with van der Waals surface area (Å²) in [6.45, 7) is 15.9. The molecule has 1 saturated carbocycles. The van der Waals surface area contributed by atoms with E-state index in [1.807, 2.05) is 37.8 Å². The minimum Gasteiger partial charge on any atom is -0.444 e. The molecule has 0 spiro atoms. The summed E-state index contributed by atoms with van der Waals surface area (Å²) >= 11 is 0. The number of nitrogens with one attached hydrogen (secondary N) is 1. The summed E-state index contributed by atoms with van der Waals surface area (Å²) in [7, 11) is -0.369. The van der Waals surface area contributed by atoms with Crippen LogP contribution in [0.2, 0.25) is 0 Å². The van der Waals surface area contributed by atoms with Crippen LogP contribution in [0.4, 0.5) is 4.79 Å². The summed E-state index contributed by atoms with van der Waals surface area (Å²) in [6, 6.07) is 0. The maximum absolute atomic E-state index is 12.2. The second-order valence-electron chi connectivity index (χ2n) is 12.0. The molecule has 8 nitrogen and oxygen atoms in total. The number of nitrogens with zero attached hydrogens (tertiary/aromatic N) is 2. The second-order valence-corrected chi connectivity index (χ2v) is 12.0. The zero-order valence-corrected chi connectivity index (χ0v) is 22.3. The van der Waals surface area contributed by atoms with Gasteiger partial charge in [-0.1, -0.05) is 5.92 Å². The number of hydrogen-bond acceptors (Lipinski definition) is 5. The van der Waals surface area contributed by atoms with Crippen molar-refractivity contribution in [3.63, 3.8) is 0 Å². The van der Waals surface area contributed by atoms with E-state index in [2.05, 4.69) is 44.6 Å². The van der Waals surface area contributed by atoms with Crippen molar-refractivity contribution in [3.8, 4) is 11.8 Å². The largest absolute Gasteiger partial charge is 0.502 e. The predicted molar refractivity (Wildman–Crippen MR) is 133 cm³/mol. The highest BCUT2D eigenvalue weighted by Gasteiger charge is 2.52. The van der Waals surface area contributed by atoms with Gasteiger partial charge < -0.3 is 23.7 Å². The number of carbonyl (C=O) groups is 1.